The summed E-state index contributed by atoms with van der Waals surface area (Å²) in [7, 11) is 1.80. The van der Waals surface area contributed by atoms with E-state index >= 15 is 0 Å². The highest BCUT2D eigenvalue weighted by atomic mass is 32.1. The van der Waals surface area contributed by atoms with Gasteiger partial charge in [-0.25, -0.2) is 9.78 Å². The average Bonchev–Trinajstić information content (AvgIpc) is 3.18. The van der Waals surface area contributed by atoms with Crippen LogP contribution in [-0.2, 0) is 16.1 Å². The molecule has 140 valence electrons. The molecule has 1 aromatic heterocycles. The Morgan fingerprint density at radius 3 is 2.77 bits per heavy atom. The minimum atomic E-state index is -0.525. The van der Waals surface area contributed by atoms with Crippen LogP contribution in [0.5, 0.6) is 0 Å². The molecule has 7 heteroatoms. The van der Waals surface area contributed by atoms with Crippen molar-refractivity contribution >= 4 is 33.6 Å². The summed E-state index contributed by atoms with van der Waals surface area (Å²) in [6.07, 6.45) is 0.323. The molecule has 6 nitrogen and oxygen atoms in total. The minimum Gasteiger partial charge on any atom is -0.444 e. The Hall–Kier alpha value is -2.15. The molecular weight excluding hydrogens is 350 g/mol. The topological polar surface area (TPSA) is 62.7 Å². The number of fused-ring (bicyclic) bond motifs is 1. The summed E-state index contributed by atoms with van der Waals surface area (Å²) >= 11 is 1.61. The predicted molar refractivity (Wildman–Crippen MR) is 102 cm³/mol. The first-order valence-electron chi connectivity index (χ1n) is 8.80. The van der Waals surface area contributed by atoms with E-state index in [1.165, 1.54) is 0 Å². The van der Waals surface area contributed by atoms with Crippen molar-refractivity contribution in [2.75, 3.05) is 20.1 Å². The number of rotatable bonds is 3. The van der Waals surface area contributed by atoms with Crippen LogP contribution in [0.15, 0.2) is 24.3 Å². The van der Waals surface area contributed by atoms with Crippen LogP contribution in [0.3, 0.4) is 0 Å². The van der Waals surface area contributed by atoms with Gasteiger partial charge in [-0.2, -0.15) is 0 Å². The zero-order valence-electron chi connectivity index (χ0n) is 15.7. The van der Waals surface area contributed by atoms with Crippen LogP contribution in [0.25, 0.3) is 10.2 Å². The molecule has 1 saturated heterocycles. The average molecular weight is 375 g/mol. The number of amides is 2. The van der Waals surface area contributed by atoms with Gasteiger partial charge in [0.1, 0.15) is 10.6 Å². The van der Waals surface area contributed by atoms with Gasteiger partial charge in [0.15, 0.2) is 0 Å². The number of nitrogens with zero attached hydrogens (tertiary/aromatic N) is 3. The minimum absolute atomic E-state index is 0.0512. The Morgan fingerprint density at radius 1 is 1.35 bits per heavy atom. The number of carbonyl (C=O) groups is 2. The lowest BCUT2D eigenvalue weighted by molar-refractivity contribution is -0.134. The van der Waals surface area contributed by atoms with Crippen molar-refractivity contribution in [2.45, 2.75) is 39.3 Å². The molecular formula is C19H25N3O3S. The van der Waals surface area contributed by atoms with Crippen molar-refractivity contribution in [2.24, 2.45) is 5.92 Å². The third-order valence-corrected chi connectivity index (χ3v) is 5.30. The van der Waals surface area contributed by atoms with Crippen molar-refractivity contribution < 1.29 is 14.3 Å². The van der Waals surface area contributed by atoms with Gasteiger partial charge in [0, 0.05) is 20.1 Å². The molecule has 0 spiro atoms. The highest BCUT2D eigenvalue weighted by Gasteiger charge is 2.34. The third-order valence-electron chi connectivity index (χ3n) is 4.28. The summed E-state index contributed by atoms with van der Waals surface area (Å²) in [4.78, 5) is 32.8. The van der Waals surface area contributed by atoms with Gasteiger partial charge in [0.2, 0.25) is 5.91 Å². The van der Waals surface area contributed by atoms with Crippen molar-refractivity contribution in [3.63, 3.8) is 0 Å². The smallest absolute Gasteiger partial charge is 0.410 e. The SMILES string of the molecule is CN(Cc1nc2ccccc2s1)C(=O)C1CCN(C(=O)OC(C)(C)C)C1. The van der Waals surface area contributed by atoms with E-state index in [1.54, 1.807) is 28.2 Å². The van der Waals surface area contributed by atoms with E-state index in [0.29, 0.717) is 26.1 Å². The van der Waals surface area contributed by atoms with Crippen molar-refractivity contribution in [3.05, 3.63) is 29.3 Å². The fourth-order valence-corrected chi connectivity index (χ4v) is 4.06. The third kappa shape index (κ3) is 4.33. The number of likely N-dealkylation sites (tertiary alicyclic amines) is 1. The quantitative estimate of drug-likeness (QED) is 0.824. The lowest BCUT2D eigenvalue weighted by Gasteiger charge is -2.25. The summed E-state index contributed by atoms with van der Waals surface area (Å²) in [6.45, 7) is 6.99. The van der Waals surface area contributed by atoms with Gasteiger partial charge in [0.05, 0.1) is 22.7 Å². The first-order valence-corrected chi connectivity index (χ1v) is 9.62. The van der Waals surface area contributed by atoms with Gasteiger partial charge in [-0.1, -0.05) is 12.1 Å². The molecule has 2 aromatic rings. The summed E-state index contributed by atoms with van der Waals surface area (Å²) in [6, 6.07) is 7.97. The zero-order valence-corrected chi connectivity index (χ0v) is 16.5. The summed E-state index contributed by atoms with van der Waals surface area (Å²) in [5, 5.41) is 0.920. The van der Waals surface area contributed by atoms with E-state index < -0.39 is 5.60 Å². The first kappa shape index (κ1) is 18.6. The predicted octanol–water partition coefficient (Wildman–Crippen LogP) is 3.51. The molecule has 1 fully saturated rings. The lowest BCUT2D eigenvalue weighted by Crippen LogP contribution is -2.38. The Balaban J connectivity index is 1.58. The van der Waals surface area contributed by atoms with Crippen LogP contribution < -0.4 is 0 Å². The number of aromatic nitrogens is 1. The number of thiazole rings is 1. The van der Waals surface area contributed by atoms with Gasteiger partial charge >= 0.3 is 6.09 Å². The number of benzene rings is 1. The molecule has 0 saturated carbocycles. The van der Waals surface area contributed by atoms with E-state index in [9.17, 15) is 9.59 Å². The maximum absolute atomic E-state index is 12.7. The standard InChI is InChI=1S/C19H25N3O3S/c1-19(2,3)25-18(24)22-10-9-13(11-22)17(23)21(4)12-16-20-14-7-5-6-8-15(14)26-16/h5-8,13H,9-12H2,1-4H3. The maximum atomic E-state index is 12.7. The molecule has 0 aliphatic carbocycles. The fourth-order valence-electron chi connectivity index (χ4n) is 3.03. The molecule has 3 rings (SSSR count). The second-order valence-corrected chi connectivity index (χ2v) is 8.80. The Morgan fingerprint density at radius 2 is 2.08 bits per heavy atom. The fraction of sp³-hybridized carbons (Fsp3) is 0.526. The number of ether oxygens (including phenoxy) is 1. The van der Waals surface area contributed by atoms with E-state index in [2.05, 4.69) is 4.98 Å². The molecule has 0 bridgehead atoms. The lowest BCUT2D eigenvalue weighted by atomic mass is 10.1. The van der Waals surface area contributed by atoms with E-state index in [1.807, 2.05) is 45.0 Å². The molecule has 1 aliphatic heterocycles. The van der Waals surface area contributed by atoms with E-state index in [-0.39, 0.29) is 17.9 Å². The van der Waals surface area contributed by atoms with E-state index in [4.69, 9.17) is 4.74 Å². The molecule has 1 aromatic carbocycles. The largest absolute Gasteiger partial charge is 0.444 e. The van der Waals surface area contributed by atoms with Gasteiger partial charge < -0.3 is 14.5 Å². The summed E-state index contributed by atoms with van der Waals surface area (Å²) in [5.41, 5.74) is 0.438. The first-order chi connectivity index (χ1) is 12.2. The van der Waals surface area contributed by atoms with Crippen molar-refractivity contribution in [1.82, 2.24) is 14.8 Å². The number of hydrogen-bond acceptors (Lipinski definition) is 5. The van der Waals surface area contributed by atoms with Gasteiger partial charge in [-0.3, -0.25) is 4.79 Å². The number of carbonyl (C=O) groups excluding carboxylic acids is 2. The normalized spacial score (nSPS) is 17.5. The van der Waals surface area contributed by atoms with E-state index in [0.717, 1.165) is 15.2 Å². The van der Waals surface area contributed by atoms with Crippen LogP contribution in [0.2, 0.25) is 0 Å². The zero-order chi connectivity index (χ0) is 18.9. The molecule has 2 heterocycles. The highest BCUT2D eigenvalue weighted by molar-refractivity contribution is 7.18. The summed E-state index contributed by atoms with van der Waals surface area (Å²) in [5.74, 6) is -0.128. The van der Waals surface area contributed by atoms with Crippen LogP contribution >= 0.6 is 11.3 Å². The Labute approximate surface area is 157 Å². The molecule has 1 atom stereocenters. The summed E-state index contributed by atoms with van der Waals surface area (Å²) < 4.78 is 6.52. The van der Waals surface area contributed by atoms with Gasteiger partial charge in [-0.15, -0.1) is 11.3 Å². The van der Waals surface area contributed by atoms with Gasteiger partial charge in [-0.05, 0) is 39.3 Å². The van der Waals surface area contributed by atoms with Crippen LogP contribution in [0, 0.1) is 5.92 Å². The maximum Gasteiger partial charge on any atom is 0.410 e. The molecule has 1 unspecified atom stereocenters. The molecule has 2 amide bonds. The molecule has 26 heavy (non-hydrogen) atoms. The van der Waals surface area contributed by atoms with Gasteiger partial charge in [0.25, 0.3) is 0 Å². The molecule has 1 aliphatic rings. The number of hydrogen-bond donors (Lipinski definition) is 0. The molecule has 0 radical (unpaired) electrons. The Bertz CT molecular complexity index is 779. The highest BCUT2D eigenvalue weighted by Crippen LogP contribution is 2.25. The second-order valence-electron chi connectivity index (χ2n) is 7.68. The van der Waals surface area contributed by atoms with Crippen molar-refractivity contribution in [1.29, 1.82) is 0 Å². The second kappa shape index (κ2) is 7.23. The van der Waals surface area contributed by atoms with Crippen LogP contribution in [-0.4, -0.2) is 52.5 Å². The Kier molecular flexibility index (Phi) is 5.18. The monoisotopic (exact) mass is 375 g/mol. The number of para-hydroxylation sites is 1. The van der Waals surface area contributed by atoms with Crippen molar-refractivity contribution in [3.8, 4) is 0 Å². The van der Waals surface area contributed by atoms with Crippen LogP contribution in [0.1, 0.15) is 32.2 Å². The molecule has 0 N–H and O–H groups in total. The van der Waals surface area contributed by atoms with Crippen LogP contribution in [0.4, 0.5) is 4.79 Å².